The Hall–Kier alpha value is -0.920. The van der Waals surface area contributed by atoms with Gasteiger partial charge >= 0.3 is 0 Å². The van der Waals surface area contributed by atoms with E-state index in [9.17, 15) is 0 Å². The second-order valence-electron chi connectivity index (χ2n) is 2.97. The second kappa shape index (κ2) is 1.78. The minimum absolute atomic E-state index is 0.865. The van der Waals surface area contributed by atoms with E-state index in [1.54, 1.807) is 0 Å². The Morgan fingerprint density at radius 2 is 2.20 bits per heavy atom. The summed E-state index contributed by atoms with van der Waals surface area (Å²) in [6.07, 6.45) is 3.70. The van der Waals surface area contributed by atoms with Gasteiger partial charge in [0.25, 0.3) is 0 Å². The van der Waals surface area contributed by atoms with Gasteiger partial charge in [-0.15, -0.1) is 0 Å². The molecule has 1 aromatic heterocycles. The SMILES string of the molecule is Cc1c(N)[nH]c2c1CCC2. The fourth-order valence-corrected chi connectivity index (χ4v) is 1.71. The smallest absolute Gasteiger partial charge is 0.104 e. The quantitative estimate of drug-likeness (QED) is 0.556. The molecule has 0 saturated heterocycles. The highest BCUT2D eigenvalue weighted by Crippen LogP contribution is 2.27. The van der Waals surface area contributed by atoms with E-state index in [1.807, 2.05) is 0 Å². The number of rotatable bonds is 0. The Morgan fingerprint density at radius 1 is 1.40 bits per heavy atom. The molecule has 1 heterocycles. The predicted molar refractivity (Wildman–Crippen MR) is 42.0 cm³/mol. The molecule has 0 radical (unpaired) electrons. The summed E-state index contributed by atoms with van der Waals surface area (Å²) in [6.45, 7) is 2.09. The van der Waals surface area contributed by atoms with Crippen LogP contribution in [0.25, 0.3) is 0 Å². The topological polar surface area (TPSA) is 41.8 Å². The molecule has 0 bridgehead atoms. The van der Waals surface area contributed by atoms with Crippen LogP contribution in [-0.2, 0) is 12.8 Å². The van der Waals surface area contributed by atoms with Crippen molar-refractivity contribution in [2.24, 2.45) is 0 Å². The summed E-state index contributed by atoms with van der Waals surface area (Å²) in [5, 5.41) is 0. The van der Waals surface area contributed by atoms with E-state index in [-0.39, 0.29) is 0 Å². The zero-order chi connectivity index (χ0) is 7.14. The average Bonchev–Trinajstić information content (AvgIpc) is 2.41. The first-order chi connectivity index (χ1) is 4.79. The Balaban J connectivity index is 2.59. The molecule has 2 nitrogen and oxygen atoms in total. The lowest BCUT2D eigenvalue weighted by molar-refractivity contribution is 0.891. The lowest BCUT2D eigenvalue weighted by atomic mass is 10.2. The van der Waals surface area contributed by atoms with Gasteiger partial charge in [0.15, 0.2) is 0 Å². The molecule has 0 atom stereocenters. The maximum absolute atomic E-state index is 5.70. The Morgan fingerprint density at radius 3 is 2.90 bits per heavy atom. The summed E-state index contributed by atoms with van der Waals surface area (Å²) in [7, 11) is 0. The van der Waals surface area contributed by atoms with Crippen molar-refractivity contribution in [1.29, 1.82) is 0 Å². The molecule has 54 valence electrons. The predicted octanol–water partition coefficient (Wildman–Crippen LogP) is 1.39. The summed E-state index contributed by atoms with van der Waals surface area (Å²) >= 11 is 0. The number of nitrogens with two attached hydrogens (primary N) is 1. The summed E-state index contributed by atoms with van der Waals surface area (Å²) in [5.74, 6) is 0.865. The van der Waals surface area contributed by atoms with Crippen molar-refractivity contribution < 1.29 is 0 Å². The molecule has 2 rings (SSSR count). The highest BCUT2D eigenvalue weighted by molar-refractivity contribution is 5.50. The van der Waals surface area contributed by atoms with E-state index < -0.39 is 0 Å². The minimum Gasteiger partial charge on any atom is -0.385 e. The first kappa shape index (κ1) is 5.83. The van der Waals surface area contributed by atoms with Crippen molar-refractivity contribution in [2.45, 2.75) is 26.2 Å². The van der Waals surface area contributed by atoms with Crippen LogP contribution in [-0.4, -0.2) is 4.98 Å². The van der Waals surface area contributed by atoms with Gasteiger partial charge in [0.2, 0.25) is 0 Å². The molecule has 1 aromatic rings. The van der Waals surface area contributed by atoms with Gasteiger partial charge in [-0.25, -0.2) is 0 Å². The molecular weight excluding hydrogens is 124 g/mol. The summed E-state index contributed by atoms with van der Waals surface area (Å²) in [6, 6.07) is 0. The molecule has 0 spiro atoms. The van der Waals surface area contributed by atoms with E-state index in [0.717, 1.165) is 5.82 Å². The maximum Gasteiger partial charge on any atom is 0.104 e. The molecule has 0 saturated carbocycles. The number of aromatic nitrogens is 1. The molecule has 0 fully saturated rings. The third-order valence-electron chi connectivity index (χ3n) is 2.36. The number of hydrogen-bond acceptors (Lipinski definition) is 1. The van der Waals surface area contributed by atoms with E-state index in [1.165, 1.54) is 36.1 Å². The number of anilines is 1. The molecule has 3 N–H and O–H groups in total. The molecule has 1 aliphatic rings. The van der Waals surface area contributed by atoms with Crippen molar-refractivity contribution in [3.63, 3.8) is 0 Å². The van der Waals surface area contributed by atoms with Crippen LogP contribution >= 0.6 is 0 Å². The van der Waals surface area contributed by atoms with Gasteiger partial charge in [-0.2, -0.15) is 0 Å². The molecular formula is C8H12N2. The minimum atomic E-state index is 0.865. The number of hydrogen-bond donors (Lipinski definition) is 2. The Labute approximate surface area is 60.4 Å². The number of fused-ring (bicyclic) bond motifs is 1. The van der Waals surface area contributed by atoms with Gasteiger partial charge in [-0.1, -0.05) is 0 Å². The van der Waals surface area contributed by atoms with Gasteiger partial charge in [0, 0.05) is 5.69 Å². The van der Waals surface area contributed by atoms with Gasteiger partial charge in [0.1, 0.15) is 5.82 Å². The van der Waals surface area contributed by atoms with Gasteiger partial charge in [-0.3, -0.25) is 0 Å². The van der Waals surface area contributed by atoms with Crippen molar-refractivity contribution in [3.8, 4) is 0 Å². The summed E-state index contributed by atoms with van der Waals surface area (Å²) in [4.78, 5) is 3.20. The zero-order valence-electron chi connectivity index (χ0n) is 6.20. The number of H-pyrrole nitrogens is 1. The van der Waals surface area contributed by atoms with E-state index in [2.05, 4.69) is 11.9 Å². The molecule has 0 aliphatic heterocycles. The van der Waals surface area contributed by atoms with Crippen LogP contribution in [0.1, 0.15) is 23.2 Å². The van der Waals surface area contributed by atoms with Crippen LogP contribution < -0.4 is 5.73 Å². The molecule has 0 aromatic carbocycles. The average molecular weight is 136 g/mol. The zero-order valence-corrected chi connectivity index (χ0v) is 6.20. The van der Waals surface area contributed by atoms with E-state index in [0.29, 0.717) is 0 Å². The summed E-state index contributed by atoms with van der Waals surface area (Å²) < 4.78 is 0. The fourth-order valence-electron chi connectivity index (χ4n) is 1.71. The standard InChI is InChI=1S/C8H12N2/c1-5-6-3-2-4-7(6)10-8(5)9/h10H,2-4,9H2,1H3. The van der Waals surface area contributed by atoms with Crippen molar-refractivity contribution in [3.05, 3.63) is 16.8 Å². The van der Waals surface area contributed by atoms with Crippen molar-refractivity contribution >= 4 is 5.82 Å². The Bertz CT molecular complexity index is 260. The molecule has 1 aliphatic carbocycles. The number of nitrogens with one attached hydrogen (secondary N) is 1. The fraction of sp³-hybridized carbons (Fsp3) is 0.500. The normalized spacial score (nSPS) is 15.7. The van der Waals surface area contributed by atoms with Crippen molar-refractivity contribution in [2.75, 3.05) is 5.73 Å². The van der Waals surface area contributed by atoms with E-state index in [4.69, 9.17) is 5.73 Å². The van der Waals surface area contributed by atoms with Crippen LogP contribution in [0.4, 0.5) is 5.82 Å². The lowest BCUT2D eigenvalue weighted by Crippen LogP contribution is -1.88. The van der Waals surface area contributed by atoms with Gasteiger partial charge < -0.3 is 10.7 Å². The number of aryl methyl sites for hydroxylation is 1. The number of nitrogen functional groups attached to an aromatic ring is 1. The first-order valence-electron chi connectivity index (χ1n) is 3.75. The Kier molecular flexibility index (Phi) is 1.04. The van der Waals surface area contributed by atoms with Crippen LogP contribution in [0.15, 0.2) is 0 Å². The first-order valence-corrected chi connectivity index (χ1v) is 3.75. The number of aromatic amines is 1. The molecule has 0 amide bonds. The molecule has 10 heavy (non-hydrogen) atoms. The second-order valence-corrected chi connectivity index (χ2v) is 2.97. The monoisotopic (exact) mass is 136 g/mol. The van der Waals surface area contributed by atoms with Crippen LogP contribution in [0.5, 0.6) is 0 Å². The largest absolute Gasteiger partial charge is 0.385 e. The lowest BCUT2D eigenvalue weighted by Gasteiger charge is -1.91. The van der Waals surface area contributed by atoms with Crippen LogP contribution in [0.3, 0.4) is 0 Å². The summed E-state index contributed by atoms with van der Waals surface area (Å²) in [5.41, 5.74) is 9.81. The van der Waals surface area contributed by atoms with Gasteiger partial charge in [0.05, 0.1) is 0 Å². The van der Waals surface area contributed by atoms with Crippen LogP contribution in [0, 0.1) is 6.92 Å². The van der Waals surface area contributed by atoms with Crippen LogP contribution in [0.2, 0.25) is 0 Å². The molecule has 0 unspecified atom stereocenters. The highest BCUT2D eigenvalue weighted by atomic mass is 14.9. The molecule has 2 heteroatoms. The van der Waals surface area contributed by atoms with E-state index >= 15 is 0 Å². The van der Waals surface area contributed by atoms with Crippen molar-refractivity contribution in [1.82, 2.24) is 4.98 Å². The highest BCUT2D eigenvalue weighted by Gasteiger charge is 2.16. The van der Waals surface area contributed by atoms with Gasteiger partial charge in [-0.05, 0) is 37.3 Å². The third-order valence-corrected chi connectivity index (χ3v) is 2.36. The maximum atomic E-state index is 5.70. The third kappa shape index (κ3) is 0.589.